The Morgan fingerprint density at radius 1 is 1.50 bits per heavy atom. The van der Waals surface area contributed by atoms with E-state index in [9.17, 15) is 4.39 Å². The molecule has 0 amide bonds. The van der Waals surface area contributed by atoms with Crippen molar-refractivity contribution in [3.8, 4) is 0 Å². The lowest BCUT2D eigenvalue weighted by molar-refractivity contribution is 0.203. The zero-order valence-electron chi connectivity index (χ0n) is 7.89. The molecule has 0 atom stereocenters. The maximum Gasteiger partial charge on any atom is 0.150 e. The number of aromatic nitrogens is 1. The predicted molar refractivity (Wildman–Crippen MR) is 44.7 cm³/mol. The minimum atomic E-state index is -1.41. The highest BCUT2D eigenvalue weighted by Crippen LogP contribution is 2.26. The van der Waals surface area contributed by atoms with Gasteiger partial charge < -0.3 is 4.52 Å². The van der Waals surface area contributed by atoms with E-state index in [0.29, 0.717) is 5.69 Å². The minimum absolute atomic E-state index is 0.258. The van der Waals surface area contributed by atoms with Crippen LogP contribution in [0.1, 0.15) is 45.1 Å². The number of nitrogens with zero attached hydrogens (tertiary/aromatic N) is 1. The molecule has 0 aromatic carbocycles. The Bertz CT molecular complexity index is 260. The van der Waals surface area contributed by atoms with Gasteiger partial charge in [-0.2, -0.15) is 0 Å². The van der Waals surface area contributed by atoms with E-state index in [1.54, 1.807) is 6.07 Å². The van der Waals surface area contributed by atoms with Crippen molar-refractivity contribution in [1.29, 1.82) is 0 Å². The second-order valence-corrected chi connectivity index (χ2v) is 3.74. The zero-order valence-corrected chi connectivity index (χ0v) is 7.89. The summed E-state index contributed by atoms with van der Waals surface area (Å²) in [5.41, 5.74) is -1.04. The first-order chi connectivity index (χ1) is 5.41. The fourth-order valence-electron chi connectivity index (χ4n) is 0.842. The van der Waals surface area contributed by atoms with Gasteiger partial charge in [-0.3, -0.25) is 0 Å². The van der Waals surface area contributed by atoms with Gasteiger partial charge in [0.05, 0.1) is 0 Å². The van der Waals surface area contributed by atoms with E-state index in [1.165, 1.54) is 13.8 Å². The Morgan fingerprint density at radius 3 is 2.33 bits per heavy atom. The van der Waals surface area contributed by atoms with E-state index in [1.807, 2.05) is 13.8 Å². The van der Waals surface area contributed by atoms with E-state index in [2.05, 4.69) is 5.16 Å². The van der Waals surface area contributed by atoms with Crippen molar-refractivity contribution in [2.24, 2.45) is 0 Å². The highest BCUT2D eigenvalue weighted by atomic mass is 19.1. The zero-order chi connectivity index (χ0) is 9.35. The van der Waals surface area contributed by atoms with Crippen molar-refractivity contribution in [2.45, 2.75) is 39.3 Å². The third kappa shape index (κ3) is 1.84. The first-order valence-electron chi connectivity index (χ1n) is 4.07. The van der Waals surface area contributed by atoms with E-state index in [-0.39, 0.29) is 5.92 Å². The Morgan fingerprint density at radius 2 is 2.08 bits per heavy atom. The quantitative estimate of drug-likeness (QED) is 0.683. The van der Waals surface area contributed by atoms with Crippen molar-refractivity contribution in [3.63, 3.8) is 0 Å². The molecular weight excluding hydrogens is 157 g/mol. The molecule has 0 saturated heterocycles. The highest BCUT2D eigenvalue weighted by molar-refractivity contribution is 5.13. The summed E-state index contributed by atoms with van der Waals surface area (Å²) in [6, 6.07) is 1.67. The van der Waals surface area contributed by atoms with E-state index >= 15 is 0 Å². The molecule has 0 spiro atoms. The molecule has 1 rings (SSSR count). The molecule has 2 nitrogen and oxygen atoms in total. The molecule has 3 heteroatoms. The number of rotatable bonds is 2. The molecule has 0 saturated carbocycles. The van der Waals surface area contributed by atoms with Crippen LogP contribution in [0.4, 0.5) is 4.39 Å². The van der Waals surface area contributed by atoms with Gasteiger partial charge in [-0.05, 0) is 13.8 Å². The monoisotopic (exact) mass is 171 g/mol. The standard InChI is InChI=1S/C9H14FNO/c1-6(2)7-5-8(11-12-7)9(3,4)10/h5-6H,1-4H3. The molecule has 68 valence electrons. The first-order valence-corrected chi connectivity index (χ1v) is 4.07. The number of hydrogen-bond acceptors (Lipinski definition) is 2. The average molecular weight is 171 g/mol. The van der Waals surface area contributed by atoms with Gasteiger partial charge >= 0.3 is 0 Å². The van der Waals surface area contributed by atoms with Crippen LogP contribution in [0.2, 0.25) is 0 Å². The molecule has 12 heavy (non-hydrogen) atoms. The summed E-state index contributed by atoms with van der Waals surface area (Å²) in [6.45, 7) is 6.90. The summed E-state index contributed by atoms with van der Waals surface area (Å²) in [4.78, 5) is 0. The predicted octanol–water partition coefficient (Wildman–Crippen LogP) is 3.00. The van der Waals surface area contributed by atoms with Crippen LogP contribution in [0, 0.1) is 0 Å². The molecule has 1 aromatic heterocycles. The SMILES string of the molecule is CC(C)c1cc(C(C)(C)F)no1. The van der Waals surface area contributed by atoms with Crippen LogP contribution >= 0.6 is 0 Å². The normalized spacial score (nSPS) is 12.5. The minimum Gasteiger partial charge on any atom is -0.361 e. The van der Waals surface area contributed by atoms with Gasteiger partial charge in [0, 0.05) is 12.0 Å². The molecule has 0 N–H and O–H groups in total. The Hall–Kier alpha value is -0.860. The lowest BCUT2D eigenvalue weighted by atomic mass is 10.1. The number of alkyl halides is 1. The summed E-state index contributed by atoms with van der Waals surface area (Å²) in [5.74, 6) is 0.990. The van der Waals surface area contributed by atoms with Crippen molar-refractivity contribution in [3.05, 3.63) is 17.5 Å². The van der Waals surface area contributed by atoms with Gasteiger partial charge in [-0.1, -0.05) is 19.0 Å². The largest absolute Gasteiger partial charge is 0.361 e. The molecule has 0 unspecified atom stereocenters. The van der Waals surface area contributed by atoms with E-state index in [4.69, 9.17) is 4.52 Å². The Labute approximate surface area is 71.8 Å². The molecular formula is C9H14FNO. The lowest BCUT2D eigenvalue weighted by Gasteiger charge is -2.07. The van der Waals surface area contributed by atoms with Crippen LogP contribution in [0.3, 0.4) is 0 Å². The van der Waals surface area contributed by atoms with Crippen LogP contribution in [0.25, 0.3) is 0 Å². The topological polar surface area (TPSA) is 26.0 Å². The van der Waals surface area contributed by atoms with Gasteiger partial charge in [-0.15, -0.1) is 0 Å². The maximum absolute atomic E-state index is 13.3. The molecule has 1 aromatic rings. The van der Waals surface area contributed by atoms with Gasteiger partial charge in [0.25, 0.3) is 0 Å². The lowest BCUT2D eigenvalue weighted by Crippen LogP contribution is -2.08. The molecule has 0 aliphatic heterocycles. The first kappa shape index (κ1) is 9.23. The fourth-order valence-corrected chi connectivity index (χ4v) is 0.842. The fraction of sp³-hybridized carbons (Fsp3) is 0.667. The molecule has 0 fully saturated rings. The highest BCUT2D eigenvalue weighted by Gasteiger charge is 2.24. The molecule has 0 aliphatic rings. The maximum atomic E-state index is 13.3. The van der Waals surface area contributed by atoms with Crippen molar-refractivity contribution in [1.82, 2.24) is 5.16 Å². The smallest absolute Gasteiger partial charge is 0.150 e. The number of hydrogen-bond donors (Lipinski definition) is 0. The third-order valence-electron chi connectivity index (χ3n) is 1.71. The van der Waals surface area contributed by atoms with Gasteiger partial charge in [-0.25, -0.2) is 4.39 Å². The van der Waals surface area contributed by atoms with Crippen LogP contribution in [0.15, 0.2) is 10.6 Å². The van der Waals surface area contributed by atoms with Crippen molar-refractivity contribution in [2.75, 3.05) is 0 Å². The number of halogens is 1. The third-order valence-corrected chi connectivity index (χ3v) is 1.71. The second kappa shape index (κ2) is 2.88. The summed E-state index contributed by atoms with van der Waals surface area (Å²) >= 11 is 0. The van der Waals surface area contributed by atoms with Crippen LogP contribution in [0.5, 0.6) is 0 Å². The van der Waals surface area contributed by atoms with Gasteiger partial charge in [0.2, 0.25) is 0 Å². The van der Waals surface area contributed by atoms with E-state index < -0.39 is 5.67 Å². The van der Waals surface area contributed by atoms with Crippen LogP contribution in [-0.2, 0) is 5.67 Å². The molecule has 0 bridgehead atoms. The Balaban J connectivity index is 2.92. The van der Waals surface area contributed by atoms with Crippen LogP contribution < -0.4 is 0 Å². The van der Waals surface area contributed by atoms with Crippen molar-refractivity contribution < 1.29 is 8.91 Å². The summed E-state index contributed by atoms with van der Waals surface area (Å²) in [6.07, 6.45) is 0. The second-order valence-electron chi connectivity index (χ2n) is 3.74. The van der Waals surface area contributed by atoms with Crippen LogP contribution in [-0.4, -0.2) is 5.16 Å². The van der Waals surface area contributed by atoms with Gasteiger partial charge in [0.1, 0.15) is 11.5 Å². The Kier molecular flexibility index (Phi) is 2.22. The summed E-state index contributed by atoms with van der Waals surface area (Å²) in [5, 5.41) is 3.66. The summed E-state index contributed by atoms with van der Waals surface area (Å²) in [7, 11) is 0. The molecule has 1 heterocycles. The van der Waals surface area contributed by atoms with E-state index in [0.717, 1.165) is 5.76 Å². The average Bonchev–Trinajstić information content (AvgIpc) is 2.30. The van der Waals surface area contributed by atoms with Crippen molar-refractivity contribution >= 4 is 0 Å². The molecule has 0 aliphatic carbocycles. The van der Waals surface area contributed by atoms with Gasteiger partial charge in [0.15, 0.2) is 5.67 Å². The molecule has 0 radical (unpaired) electrons. The summed E-state index contributed by atoms with van der Waals surface area (Å²) < 4.78 is 18.2.